The number of rotatable bonds is 4. The summed E-state index contributed by atoms with van der Waals surface area (Å²) in [6, 6.07) is 4.81. The number of H-pyrrole nitrogens is 1. The van der Waals surface area contributed by atoms with Crippen molar-refractivity contribution in [3.8, 4) is 11.5 Å². The van der Waals surface area contributed by atoms with Crippen LogP contribution in [0.4, 0.5) is 0 Å². The van der Waals surface area contributed by atoms with Gasteiger partial charge in [0, 0.05) is 32.5 Å². The second-order valence-corrected chi connectivity index (χ2v) is 5.97. The minimum absolute atomic E-state index is 0.0447. The number of benzene rings is 1. The highest BCUT2D eigenvalue weighted by Gasteiger charge is 2.21. The third-order valence-electron chi connectivity index (χ3n) is 4.13. The van der Waals surface area contributed by atoms with E-state index in [-0.39, 0.29) is 17.1 Å². The SMILES string of the molecule is CCCc1nc2c(c(=O)[nH]1)CN(Cc1ccc(O)c(O)c1)CC2. The lowest BCUT2D eigenvalue weighted by molar-refractivity contribution is 0.241. The summed E-state index contributed by atoms with van der Waals surface area (Å²) in [6.07, 6.45) is 2.50. The first kappa shape index (κ1) is 15.6. The summed E-state index contributed by atoms with van der Waals surface area (Å²) in [6.45, 7) is 4.04. The largest absolute Gasteiger partial charge is 0.504 e. The Hall–Kier alpha value is -2.34. The van der Waals surface area contributed by atoms with Crippen molar-refractivity contribution in [3.63, 3.8) is 0 Å². The second kappa shape index (κ2) is 6.42. The maximum atomic E-state index is 12.3. The molecule has 6 heteroatoms. The Kier molecular flexibility index (Phi) is 4.34. The van der Waals surface area contributed by atoms with Crippen LogP contribution >= 0.6 is 0 Å². The number of phenols is 2. The van der Waals surface area contributed by atoms with E-state index in [1.165, 1.54) is 6.07 Å². The molecule has 23 heavy (non-hydrogen) atoms. The summed E-state index contributed by atoms with van der Waals surface area (Å²) in [5.41, 5.74) is 2.49. The molecule has 1 aliphatic heterocycles. The highest BCUT2D eigenvalue weighted by Crippen LogP contribution is 2.26. The van der Waals surface area contributed by atoms with Crippen molar-refractivity contribution in [1.82, 2.24) is 14.9 Å². The van der Waals surface area contributed by atoms with Gasteiger partial charge in [0.1, 0.15) is 5.82 Å². The molecule has 6 nitrogen and oxygen atoms in total. The monoisotopic (exact) mass is 315 g/mol. The van der Waals surface area contributed by atoms with Crippen molar-refractivity contribution in [2.45, 2.75) is 39.3 Å². The van der Waals surface area contributed by atoms with Gasteiger partial charge in [0.2, 0.25) is 0 Å². The molecule has 1 aromatic heterocycles. The molecule has 122 valence electrons. The summed E-state index contributed by atoms with van der Waals surface area (Å²) in [7, 11) is 0. The summed E-state index contributed by atoms with van der Waals surface area (Å²) < 4.78 is 0. The predicted octanol–water partition coefficient (Wildman–Crippen LogP) is 1.69. The van der Waals surface area contributed by atoms with Crippen LogP contribution in [0.1, 0.15) is 36.0 Å². The van der Waals surface area contributed by atoms with Crippen LogP contribution in [-0.2, 0) is 25.9 Å². The van der Waals surface area contributed by atoms with Crippen molar-refractivity contribution in [2.24, 2.45) is 0 Å². The Morgan fingerprint density at radius 1 is 1.30 bits per heavy atom. The first-order valence-corrected chi connectivity index (χ1v) is 7.91. The number of hydrogen-bond acceptors (Lipinski definition) is 5. The lowest BCUT2D eigenvalue weighted by atomic mass is 10.1. The second-order valence-electron chi connectivity index (χ2n) is 5.97. The van der Waals surface area contributed by atoms with Gasteiger partial charge < -0.3 is 15.2 Å². The Balaban J connectivity index is 1.77. The van der Waals surface area contributed by atoms with Gasteiger partial charge in [0.15, 0.2) is 11.5 Å². The third kappa shape index (κ3) is 3.37. The number of hydrogen-bond donors (Lipinski definition) is 3. The van der Waals surface area contributed by atoms with Crippen LogP contribution in [0.3, 0.4) is 0 Å². The van der Waals surface area contributed by atoms with E-state index in [9.17, 15) is 15.0 Å². The van der Waals surface area contributed by atoms with Crippen LogP contribution in [0.15, 0.2) is 23.0 Å². The van der Waals surface area contributed by atoms with Crippen LogP contribution < -0.4 is 5.56 Å². The number of aryl methyl sites for hydroxylation is 1. The zero-order valence-corrected chi connectivity index (χ0v) is 13.2. The van der Waals surface area contributed by atoms with Gasteiger partial charge in [-0.3, -0.25) is 9.69 Å². The average molecular weight is 315 g/mol. The fraction of sp³-hybridized carbons (Fsp3) is 0.412. The zero-order chi connectivity index (χ0) is 16.4. The Bertz CT molecular complexity index is 770. The van der Waals surface area contributed by atoms with E-state index in [4.69, 9.17) is 0 Å². The van der Waals surface area contributed by atoms with Crippen LogP contribution in [0.25, 0.3) is 0 Å². The van der Waals surface area contributed by atoms with E-state index in [1.54, 1.807) is 12.1 Å². The normalized spacial score (nSPS) is 14.7. The maximum absolute atomic E-state index is 12.3. The van der Waals surface area contributed by atoms with Gasteiger partial charge in [-0.2, -0.15) is 0 Å². The number of aromatic hydroxyl groups is 2. The molecular formula is C17H21N3O3. The Morgan fingerprint density at radius 2 is 2.13 bits per heavy atom. The van der Waals surface area contributed by atoms with Crippen LogP contribution in [0.2, 0.25) is 0 Å². The fourth-order valence-corrected chi connectivity index (χ4v) is 2.95. The minimum atomic E-state index is -0.123. The molecule has 0 fully saturated rings. The van der Waals surface area contributed by atoms with Gasteiger partial charge in [0.05, 0.1) is 11.3 Å². The third-order valence-corrected chi connectivity index (χ3v) is 4.13. The van der Waals surface area contributed by atoms with Crippen LogP contribution in [0.5, 0.6) is 11.5 Å². The number of fused-ring (bicyclic) bond motifs is 1. The molecule has 0 atom stereocenters. The number of nitrogens with one attached hydrogen (secondary N) is 1. The van der Waals surface area contributed by atoms with Gasteiger partial charge in [-0.1, -0.05) is 13.0 Å². The van der Waals surface area contributed by atoms with Gasteiger partial charge in [-0.15, -0.1) is 0 Å². The summed E-state index contributed by atoms with van der Waals surface area (Å²) in [5.74, 6) is 0.527. The first-order chi connectivity index (χ1) is 11.1. The first-order valence-electron chi connectivity index (χ1n) is 7.91. The van der Waals surface area contributed by atoms with Crippen molar-refractivity contribution >= 4 is 0 Å². The molecule has 0 radical (unpaired) electrons. The molecule has 2 heterocycles. The van der Waals surface area contributed by atoms with Crippen molar-refractivity contribution in [3.05, 3.63) is 51.2 Å². The molecule has 0 unspecified atom stereocenters. The van der Waals surface area contributed by atoms with E-state index in [1.807, 2.05) is 0 Å². The van der Waals surface area contributed by atoms with Crippen molar-refractivity contribution in [1.29, 1.82) is 0 Å². The van der Waals surface area contributed by atoms with Crippen molar-refractivity contribution < 1.29 is 10.2 Å². The average Bonchev–Trinajstić information content (AvgIpc) is 2.52. The standard InChI is InChI=1S/C17H21N3O3/c1-2-3-16-18-13-6-7-20(10-12(13)17(23)19-16)9-11-4-5-14(21)15(22)8-11/h4-5,8,21-22H,2-3,6-7,9-10H2,1H3,(H,18,19,23). The molecule has 3 rings (SSSR count). The highest BCUT2D eigenvalue weighted by molar-refractivity contribution is 5.40. The molecule has 2 aromatic rings. The van der Waals surface area contributed by atoms with Gasteiger partial charge in [-0.25, -0.2) is 4.98 Å². The number of nitrogens with zero attached hydrogens (tertiary/aromatic N) is 2. The molecule has 3 N–H and O–H groups in total. The van der Waals surface area contributed by atoms with E-state index < -0.39 is 0 Å². The molecule has 0 amide bonds. The van der Waals surface area contributed by atoms with Gasteiger partial charge >= 0.3 is 0 Å². The maximum Gasteiger partial charge on any atom is 0.255 e. The molecule has 0 aliphatic carbocycles. The van der Waals surface area contributed by atoms with Crippen LogP contribution in [0, 0.1) is 0 Å². The quantitative estimate of drug-likeness (QED) is 0.747. The molecule has 1 aromatic carbocycles. The zero-order valence-electron chi connectivity index (χ0n) is 13.2. The lowest BCUT2D eigenvalue weighted by Gasteiger charge is -2.27. The topological polar surface area (TPSA) is 89.5 Å². The molecule has 0 saturated carbocycles. The van der Waals surface area contributed by atoms with Crippen LogP contribution in [-0.4, -0.2) is 31.6 Å². The van der Waals surface area contributed by atoms with E-state index in [0.717, 1.165) is 48.5 Å². The van der Waals surface area contributed by atoms with E-state index in [2.05, 4.69) is 21.8 Å². The summed E-state index contributed by atoms with van der Waals surface area (Å²) in [5, 5.41) is 18.9. The molecule has 0 saturated heterocycles. The lowest BCUT2D eigenvalue weighted by Crippen LogP contribution is -2.35. The van der Waals surface area contributed by atoms with E-state index in [0.29, 0.717) is 13.1 Å². The number of phenolic OH excluding ortho intramolecular Hbond substituents is 2. The van der Waals surface area contributed by atoms with Gasteiger partial charge in [0.25, 0.3) is 5.56 Å². The Morgan fingerprint density at radius 3 is 2.87 bits per heavy atom. The van der Waals surface area contributed by atoms with E-state index >= 15 is 0 Å². The fourth-order valence-electron chi connectivity index (χ4n) is 2.95. The highest BCUT2D eigenvalue weighted by atomic mass is 16.3. The van der Waals surface area contributed by atoms with Gasteiger partial charge in [-0.05, 0) is 24.1 Å². The smallest absolute Gasteiger partial charge is 0.255 e. The number of aromatic nitrogens is 2. The molecule has 0 bridgehead atoms. The molecule has 1 aliphatic rings. The number of aromatic amines is 1. The molecule has 0 spiro atoms. The minimum Gasteiger partial charge on any atom is -0.504 e. The molecular weight excluding hydrogens is 294 g/mol. The Labute approximate surface area is 134 Å². The van der Waals surface area contributed by atoms with Crippen molar-refractivity contribution in [2.75, 3.05) is 6.54 Å². The summed E-state index contributed by atoms with van der Waals surface area (Å²) in [4.78, 5) is 21.9. The summed E-state index contributed by atoms with van der Waals surface area (Å²) >= 11 is 0. The predicted molar refractivity (Wildman–Crippen MR) is 86.4 cm³/mol.